The monoisotopic (exact) mass is 1080 g/mol. The summed E-state index contributed by atoms with van der Waals surface area (Å²) in [6.07, 6.45) is 1.39. The van der Waals surface area contributed by atoms with E-state index in [-0.39, 0.29) is 55.1 Å². The summed E-state index contributed by atoms with van der Waals surface area (Å²) in [5, 5.41) is 75.0. The van der Waals surface area contributed by atoms with Gasteiger partial charge in [0.15, 0.2) is 0 Å². The number of carboxylic acid groups (broad SMARTS) is 3. The first-order valence-corrected chi connectivity index (χ1v) is 24.8. The van der Waals surface area contributed by atoms with Gasteiger partial charge in [-0.2, -0.15) is 11.8 Å². The number of H-pyrrole nitrogens is 1. The van der Waals surface area contributed by atoms with Crippen molar-refractivity contribution in [3.63, 3.8) is 0 Å². The smallest absolute Gasteiger partial charge is 0.326 e. The van der Waals surface area contributed by atoms with Crippen LogP contribution in [-0.4, -0.2) is 160 Å². The average molecular weight is 1080 g/mol. The van der Waals surface area contributed by atoms with Crippen molar-refractivity contribution in [2.75, 3.05) is 12.0 Å². The second-order valence-electron chi connectivity index (χ2n) is 17.4. The van der Waals surface area contributed by atoms with Crippen LogP contribution in [0.2, 0.25) is 0 Å². The Kier molecular flexibility index (Phi) is 23.0. The van der Waals surface area contributed by atoms with Crippen LogP contribution >= 0.6 is 11.8 Å². The quantitative estimate of drug-likeness (QED) is 0.0277. The van der Waals surface area contributed by atoms with E-state index in [0.29, 0.717) is 22.4 Å². The number of phenols is 3. The number of amides is 7. The largest absolute Gasteiger partial charge is 0.508 e. The van der Waals surface area contributed by atoms with Gasteiger partial charge in [-0.25, -0.2) is 9.78 Å². The summed E-state index contributed by atoms with van der Waals surface area (Å²) in [5.41, 5.74) is 7.84. The molecule has 0 radical (unpaired) electrons. The third kappa shape index (κ3) is 19.9. The Labute approximate surface area is 438 Å². The lowest BCUT2D eigenvalue weighted by Crippen LogP contribution is -2.60. The Morgan fingerprint density at radius 3 is 1.34 bits per heavy atom. The standard InChI is InChI=1S/C49H60N10O16S/c1-25(42(67)54-34(15-16-76-2)44(69)57-38(22-41(65)66)48(73)59-39(49(74)75)19-28-7-13-32(62)14-8-28)53-45(70)35(18-27-5-11-31(61)12-6-27)56-47(72)37(21-40(63)64)58-46(71)36(20-29-23-51-24-52-29)55-43(68)33(50)17-26-3-9-30(60)10-4-26/h3-14,23-25,33-39,60-62H,15-22,50H2,1-2H3,(H,51,52)(H,53,70)(H,54,67)(H,55,68)(H,56,72)(H,57,69)(H,58,71)(H,59,73)(H,63,64)(H,65,66)(H,74,75)/t25-,33-,34-,35-,36-,37-,38-,39-/m0/s1. The molecule has 0 saturated heterocycles. The Morgan fingerprint density at radius 2 is 0.895 bits per heavy atom. The molecule has 4 rings (SSSR count). The highest BCUT2D eigenvalue weighted by Crippen LogP contribution is 2.15. The number of thioether (sulfide) groups is 1. The molecule has 408 valence electrons. The van der Waals surface area contributed by atoms with E-state index in [4.69, 9.17) is 5.73 Å². The molecule has 0 bridgehead atoms. The number of imidazole rings is 1. The van der Waals surface area contributed by atoms with E-state index in [2.05, 4.69) is 47.2 Å². The van der Waals surface area contributed by atoms with Crippen molar-refractivity contribution in [2.45, 2.75) is 100 Å². The number of aliphatic carboxylic acids is 3. The highest BCUT2D eigenvalue weighted by Gasteiger charge is 2.35. The van der Waals surface area contributed by atoms with Crippen molar-refractivity contribution in [3.8, 4) is 17.2 Å². The molecule has 8 atom stereocenters. The number of benzene rings is 3. The number of phenolic OH excluding ortho intramolecular Hbond substituents is 3. The van der Waals surface area contributed by atoms with E-state index in [1.165, 1.54) is 91.9 Å². The summed E-state index contributed by atoms with van der Waals surface area (Å²) in [6, 6.07) is 4.14. The SMILES string of the molecule is CSCC[C@H](NC(=O)[C@H](C)NC(=O)[C@H](Cc1ccc(O)cc1)NC(=O)[C@H](CC(=O)O)NC(=O)[C@H](Cc1cnc[nH]1)NC(=O)[C@@H](N)Cc1ccc(O)cc1)C(=O)N[C@@H](CC(=O)O)C(=O)N[C@@H](Cc1ccc(O)cc1)C(=O)O. The number of rotatable bonds is 30. The molecule has 27 heteroatoms. The molecule has 0 aliphatic rings. The zero-order chi connectivity index (χ0) is 56.1. The average Bonchev–Trinajstić information content (AvgIpc) is 3.88. The van der Waals surface area contributed by atoms with Crippen LogP contribution in [-0.2, 0) is 73.6 Å². The van der Waals surface area contributed by atoms with Gasteiger partial charge in [-0.05, 0) is 84.9 Å². The molecule has 4 aromatic rings. The molecule has 0 aliphatic heterocycles. The number of hydrogen-bond acceptors (Lipinski definition) is 16. The fourth-order valence-corrected chi connectivity index (χ4v) is 7.74. The molecular weight excluding hydrogens is 1020 g/mol. The van der Waals surface area contributed by atoms with Gasteiger partial charge in [-0.3, -0.25) is 43.2 Å². The molecule has 1 aromatic heterocycles. The number of carboxylic acids is 3. The minimum atomic E-state index is -1.88. The Balaban J connectivity index is 1.51. The summed E-state index contributed by atoms with van der Waals surface area (Å²) >= 11 is 1.26. The number of carbonyl (C=O) groups excluding carboxylic acids is 7. The maximum absolute atomic E-state index is 14.1. The second kappa shape index (κ2) is 29.2. The van der Waals surface area contributed by atoms with Gasteiger partial charge >= 0.3 is 17.9 Å². The fourth-order valence-electron chi connectivity index (χ4n) is 7.27. The topological polar surface area (TPSA) is 431 Å². The first-order valence-electron chi connectivity index (χ1n) is 23.4. The minimum Gasteiger partial charge on any atom is -0.508 e. The molecule has 0 unspecified atom stereocenters. The van der Waals surface area contributed by atoms with Crippen LogP contribution in [0.3, 0.4) is 0 Å². The number of nitrogens with one attached hydrogen (secondary N) is 8. The van der Waals surface area contributed by atoms with Crippen LogP contribution in [0.15, 0.2) is 85.3 Å². The van der Waals surface area contributed by atoms with Crippen molar-refractivity contribution < 1.29 is 78.6 Å². The van der Waals surface area contributed by atoms with Crippen LogP contribution in [0.25, 0.3) is 0 Å². The van der Waals surface area contributed by atoms with Crippen molar-refractivity contribution in [3.05, 3.63) is 108 Å². The zero-order valence-electron chi connectivity index (χ0n) is 41.1. The van der Waals surface area contributed by atoms with Crippen molar-refractivity contribution in [2.24, 2.45) is 5.73 Å². The van der Waals surface area contributed by atoms with Gasteiger partial charge in [-0.1, -0.05) is 36.4 Å². The molecule has 0 fully saturated rings. The lowest BCUT2D eigenvalue weighted by atomic mass is 10.0. The number of hydrogen-bond donors (Lipinski definition) is 15. The van der Waals surface area contributed by atoms with Gasteiger partial charge in [0.05, 0.1) is 25.2 Å². The molecule has 1 heterocycles. The third-order valence-corrected chi connectivity index (χ3v) is 12.0. The highest BCUT2D eigenvalue weighted by molar-refractivity contribution is 7.98. The number of aromatic amines is 1. The fraction of sp³-hybridized carbons (Fsp3) is 0.367. The van der Waals surface area contributed by atoms with Crippen LogP contribution < -0.4 is 43.0 Å². The van der Waals surface area contributed by atoms with Crippen molar-refractivity contribution in [1.82, 2.24) is 47.2 Å². The Hall–Kier alpha value is -8.72. The first-order chi connectivity index (χ1) is 36.0. The van der Waals surface area contributed by atoms with Gasteiger partial charge in [0.25, 0.3) is 0 Å². The molecule has 0 aliphatic carbocycles. The summed E-state index contributed by atoms with van der Waals surface area (Å²) in [5.74, 6) is -11.8. The van der Waals surface area contributed by atoms with Crippen molar-refractivity contribution in [1.29, 1.82) is 0 Å². The second-order valence-corrected chi connectivity index (χ2v) is 18.4. The predicted molar refractivity (Wildman–Crippen MR) is 270 cm³/mol. The molecule has 16 N–H and O–H groups in total. The maximum Gasteiger partial charge on any atom is 0.326 e. The van der Waals surface area contributed by atoms with Crippen LogP contribution in [0, 0.1) is 0 Å². The summed E-state index contributed by atoms with van der Waals surface area (Å²) < 4.78 is 0. The normalized spacial score (nSPS) is 14.1. The molecule has 7 amide bonds. The number of carbonyl (C=O) groups is 10. The highest BCUT2D eigenvalue weighted by atomic mass is 32.2. The summed E-state index contributed by atoms with van der Waals surface area (Å²) in [7, 11) is 0. The summed E-state index contributed by atoms with van der Waals surface area (Å²) in [4.78, 5) is 139. The molecule has 76 heavy (non-hydrogen) atoms. The molecule has 0 spiro atoms. The van der Waals surface area contributed by atoms with Gasteiger partial charge in [0.1, 0.15) is 59.5 Å². The van der Waals surface area contributed by atoms with Gasteiger partial charge in [0.2, 0.25) is 41.4 Å². The number of aromatic hydroxyl groups is 3. The van der Waals surface area contributed by atoms with E-state index < -0.39 is 120 Å². The van der Waals surface area contributed by atoms with E-state index >= 15 is 0 Å². The van der Waals surface area contributed by atoms with Gasteiger partial charge < -0.3 is 78.6 Å². The van der Waals surface area contributed by atoms with E-state index in [9.17, 15) is 78.6 Å². The molecule has 26 nitrogen and oxygen atoms in total. The van der Waals surface area contributed by atoms with E-state index in [1.807, 2.05) is 0 Å². The number of nitrogens with zero attached hydrogens (tertiary/aromatic N) is 1. The lowest BCUT2D eigenvalue weighted by molar-refractivity contribution is -0.143. The molecular formula is C49H60N10O16S. The maximum atomic E-state index is 14.1. The minimum absolute atomic E-state index is 0.00844. The van der Waals surface area contributed by atoms with E-state index in [1.54, 1.807) is 18.4 Å². The third-order valence-electron chi connectivity index (χ3n) is 11.4. The lowest BCUT2D eigenvalue weighted by Gasteiger charge is -2.27. The molecule has 3 aromatic carbocycles. The summed E-state index contributed by atoms with van der Waals surface area (Å²) in [6.45, 7) is 1.22. The van der Waals surface area contributed by atoms with E-state index in [0.717, 1.165) is 0 Å². The molecule has 0 saturated carbocycles. The Morgan fingerprint density at radius 1 is 0.513 bits per heavy atom. The van der Waals surface area contributed by atoms with Crippen LogP contribution in [0.4, 0.5) is 0 Å². The van der Waals surface area contributed by atoms with Gasteiger partial charge in [0, 0.05) is 31.2 Å². The van der Waals surface area contributed by atoms with Gasteiger partial charge in [-0.15, -0.1) is 0 Å². The van der Waals surface area contributed by atoms with Crippen molar-refractivity contribution >= 4 is 71.0 Å². The number of aromatic nitrogens is 2. The first kappa shape index (κ1) is 59.8. The predicted octanol–water partition coefficient (Wildman–Crippen LogP) is -1.67. The number of nitrogens with two attached hydrogens (primary N) is 1. The Bertz CT molecular complexity index is 2660. The van der Waals surface area contributed by atoms with Crippen LogP contribution in [0.1, 0.15) is 48.6 Å². The van der Waals surface area contributed by atoms with Crippen LogP contribution in [0.5, 0.6) is 17.2 Å². The zero-order valence-corrected chi connectivity index (χ0v) is 41.9.